The average Bonchev–Trinajstić information content (AvgIpc) is 2.30. The standard InChI is InChI=1S/C4H2Cl2N2.C4H6N2O3/c5-3-1-2-4(6)8-7-3;5-6-3(7)1-2-4(8)9/h1-2H;1-2H,5H2,(H,6,7)(H,8,9)/b;2-1-. The van der Waals surface area contributed by atoms with E-state index in [0.29, 0.717) is 16.4 Å². The lowest BCUT2D eigenvalue weighted by Gasteiger charge is -1.85. The van der Waals surface area contributed by atoms with Crippen LogP contribution in [0.1, 0.15) is 0 Å². The number of hydrazine groups is 1. The summed E-state index contributed by atoms with van der Waals surface area (Å²) >= 11 is 10.8. The molecule has 0 spiro atoms. The third-order valence-electron chi connectivity index (χ3n) is 1.12. The van der Waals surface area contributed by atoms with Gasteiger partial charge in [-0.25, -0.2) is 10.6 Å². The Kier molecular flexibility index (Phi) is 7.61. The molecule has 0 bridgehead atoms. The molecule has 0 aliphatic heterocycles. The minimum Gasteiger partial charge on any atom is -0.478 e. The summed E-state index contributed by atoms with van der Waals surface area (Å²) < 4.78 is 0. The summed E-state index contributed by atoms with van der Waals surface area (Å²) in [6, 6.07) is 3.16. The van der Waals surface area contributed by atoms with Crippen LogP contribution in [0.3, 0.4) is 0 Å². The van der Waals surface area contributed by atoms with Crippen molar-refractivity contribution in [1.82, 2.24) is 15.6 Å². The van der Waals surface area contributed by atoms with Crippen molar-refractivity contribution in [3.05, 3.63) is 34.6 Å². The number of hydrogen-bond donors (Lipinski definition) is 3. The van der Waals surface area contributed by atoms with Crippen molar-refractivity contribution in [2.24, 2.45) is 5.84 Å². The number of rotatable bonds is 2. The van der Waals surface area contributed by atoms with Gasteiger partial charge in [0.15, 0.2) is 10.3 Å². The van der Waals surface area contributed by atoms with Gasteiger partial charge in [0.05, 0.1) is 0 Å². The first kappa shape index (κ1) is 15.3. The van der Waals surface area contributed by atoms with Crippen molar-refractivity contribution in [2.75, 3.05) is 0 Å². The van der Waals surface area contributed by atoms with E-state index in [4.69, 9.17) is 28.3 Å². The molecule has 1 heterocycles. The largest absolute Gasteiger partial charge is 0.478 e. The molecule has 0 saturated heterocycles. The van der Waals surface area contributed by atoms with Gasteiger partial charge in [0.1, 0.15) is 0 Å². The van der Waals surface area contributed by atoms with E-state index in [0.717, 1.165) is 6.08 Å². The maximum Gasteiger partial charge on any atom is 0.328 e. The Morgan fingerprint density at radius 3 is 2.00 bits per heavy atom. The van der Waals surface area contributed by atoms with Crippen molar-refractivity contribution >= 4 is 35.1 Å². The van der Waals surface area contributed by atoms with Crippen molar-refractivity contribution in [3.8, 4) is 0 Å². The van der Waals surface area contributed by atoms with Gasteiger partial charge in [-0.15, -0.1) is 10.2 Å². The van der Waals surface area contributed by atoms with Gasteiger partial charge in [0.2, 0.25) is 0 Å². The molecule has 92 valence electrons. The molecule has 4 N–H and O–H groups in total. The molecule has 17 heavy (non-hydrogen) atoms. The Morgan fingerprint density at radius 2 is 1.71 bits per heavy atom. The van der Waals surface area contributed by atoms with Gasteiger partial charge in [0.25, 0.3) is 5.91 Å². The summed E-state index contributed by atoms with van der Waals surface area (Å²) in [7, 11) is 0. The van der Waals surface area contributed by atoms with E-state index >= 15 is 0 Å². The number of nitrogens with zero attached hydrogens (tertiary/aromatic N) is 2. The number of aliphatic carboxylic acids is 1. The Balaban J connectivity index is 0.000000302. The molecule has 1 aromatic rings. The van der Waals surface area contributed by atoms with Crippen LogP contribution in [-0.4, -0.2) is 27.2 Å². The third-order valence-corrected chi connectivity index (χ3v) is 1.52. The molecular formula is C8H8Cl2N4O3. The number of carbonyl (C=O) groups is 2. The number of carbonyl (C=O) groups excluding carboxylic acids is 1. The van der Waals surface area contributed by atoms with Crippen LogP contribution < -0.4 is 11.3 Å². The molecular weight excluding hydrogens is 271 g/mol. The Bertz CT molecular complexity index is 387. The number of halogens is 2. The summed E-state index contributed by atoms with van der Waals surface area (Å²) in [4.78, 5) is 19.8. The minimum atomic E-state index is -1.18. The summed E-state index contributed by atoms with van der Waals surface area (Å²) in [5.74, 6) is 2.79. The highest BCUT2D eigenvalue weighted by Crippen LogP contribution is 2.05. The van der Waals surface area contributed by atoms with Crippen LogP contribution >= 0.6 is 23.2 Å². The zero-order valence-corrected chi connectivity index (χ0v) is 9.81. The van der Waals surface area contributed by atoms with E-state index in [-0.39, 0.29) is 0 Å². The molecule has 0 fully saturated rings. The van der Waals surface area contributed by atoms with Crippen molar-refractivity contribution in [2.45, 2.75) is 0 Å². The first-order valence-electron chi connectivity index (χ1n) is 4.02. The van der Waals surface area contributed by atoms with E-state index in [1.165, 1.54) is 0 Å². The highest BCUT2D eigenvalue weighted by molar-refractivity contribution is 6.31. The quantitative estimate of drug-likeness (QED) is 0.312. The lowest BCUT2D eigenvalue weighted by Crippen LogP contribution is -2.28. The topological polar surface area (TPSA) is 118 Å². The maximum absolute atomic E-state index is 10.1. The van der Waals surface area contributed by atoms with Crippen molar-refractivity contribution in [1.29, 1.82) is 0 Å². The fourth-order valence-electron chi connectivity index (χ4n) is 0.495. The maximum atomic E-state index is 10.1. The van der Waals surface area contributed by atoms with Gasteiger partial charge in [-0.05, 0) is 12.1 Å². The highest BCUT2D eigenvalue weighted by atomic mass is 35.5. The smallest absolute Gasteiger partial charge is 0.328 e. The normalized spacial score (nSPS) is 9.35. The summed E-state index contributed by atoms with van der Waals surface area (Å²) in [6.07, 6.45) is 1.52. The van der Waals surface area contributed by atoms with Gasteiger partial charge in [0, 0.05) is 12.2 Å². The van der Waals surface area contributed by atoms with E-state index in [1.54, 1.807) is 17.6 Å². The number of amides is 1. The molecule has 0 aliphatic rings. The molecule has 0 aliphatic carbocycles. The van der Waals surface area contributed by atoms with Crippen molar-refractivity contribution in [3.63, 3.8) is 0 Å². The van der Waals surface area contributed by atoms with Crippen LogP contribution in [0.4, 0.5) is 0 Å². The fraction of sp³-hybridized carbons (Fsp3) is 0. The number of hydrogen-bond acceptors (Lipinski definition) is 5. The van der Waals surface area contributed by atoms with Gasteiger partial charge in [-0.3, -0.25) is 10.2 Å². The Hall–Kier alpha value is -1.70. The second kappa shape index (κ2) is 8.45. The number of carboxylic acids is 1. The van der Waals surface area contributed by atoms with Gasteiger partial charge in [-0.1, -0.05) is 23.2 Å². The van der Waals surface area contributed by atoms with Crippen molar-refractivity contribution < 1.29 is 14.7 Å². The van der Waals surface area contributed by atoms with E-state index < -0.39 is 11.9 Å². The Labute approximate surface area is 106 Å². The first-order valence-corrected chi connectivity index (χ1v) is 4.77. The van der Waals surface area contributed by atoms with Crippen LogP contribution in [-0.2, 0) is 9.59 Å². The van der Waals surface area contributed by atoms with Gasteiger partial charge < -0.3 is 5.11 Å². The van der Waals surface area contributed by atoms with E-state index in [9.17, 15) is 9.59 Å². The highest BCUT2D eigenvalue weighted by Gasteiger charge is 1.90. The number of nitrogens with one attached hydrogen (secondary N) is 1. The molecule has 9 heteroatoms. The number of carboxylic acid groups (broad SMARTS) is 1. The van der Waals surface area contributed by atoms with Crippen LogP contribution in [0, 0.1) is 0 Å². The minimum absolute atomic E-state index is 0.356. The van der Waals surface area contributed by atoms with Crippen LogP contribution in [0.2, 0.25) is 10.3 Å². The lowest BCUT2D eigenvalue weighted by atomic mass is 10.5. The number of aromatic nitrogens is 2. The molecule has 0 unspecified atom stereocenters. The molecule has 7 nitrogen and oxygen atoms in total. The molecule has 1 amide bonds. The lowest BCUT2D eigenvalue weighted by molar-refractivity contribution is -0.131. The predicted octanol–water partition coefficient (Wildman–Crippen LogP) is 0.400. The summed E-state index contributed by atoms with van der Waals surface area (Å²) in [5, 5.41) is 15.6. The molecule has 0 aromatic carbocycles. The second-order valence-electron chi connectivity index (χ2n) is 2.36. The fourth-order valence-corrected chi connectivity index (χ4v) is 0.696. The molecule has 1 aromatic heterocycles. The summed E-state index contributed by atoms with van der Waals surface area (Å²) in [5.41, 5.74) is 1.73. The van der Waals surface area contributed by atoms with E-state index in [2.05, 4.69) is 16.0 Å². The van der Waals surface area contributed by atoms with Gasteiger partial charge >= 0.3 is 5.97 Å². The predicted molar refractivity (Wildman–Crippen MR) is 61.2 cm³/mol. The van der Waals surface area contributed by atoms with Crippen LogP contribution in [0.25, 0.3) is 0 Å². The summed E-state index contributed by atoms with van der Waals surface area (Å²) in [6.45, 7) is 0. The third kappa shape index (κ3) is 9.24. The molecule has 0 saturated carbocycles. The second-order valence-corrected chi connectivity index (χ2v) is 3.13. The van der Waals surface area contributed by atoms with E-state index in [1.807, 2.05) is 0 Å². The molecule has 0 atom stereocenters. The average molecular weight is 279 g/mol. The monoisotopic (exact) mass is 278 g/mol. The first-order chi connectivity index (χ1) is 7.95. The van der Waals surface area contributed by atoms with Gasteiger partial charge in [-0.2, -0.15) is 0 Å². The van der Waals surface area contributed by atoms with Crippen LogP contribution in [0.5, 0.6) is 0 Å². The zero-order valence-electron chi connectivity index (χ0n) is 8.30. The zero-order chi connectivity index (χ0) is 13.3. The number of nitrogens with two attached hydrogens (primary N) is 1. The SMILES string of the molecule is Clc1ccc(Cl)nn1.NNC(=O)/C=C\C(=O)O. The molecule has 1 rings (SSSR count). The molecule has 0 radical (unpaired) electrons. The van der Waals surface area contributed by atoms with Crippen LogP contribution in [0.15, 0.2) is 24.3 Å². The Morgan fingerprint density at radius 1 is 1.24 bits per heavy atom.